The average molecular weight is 1160 g/mol. The molecule has 0 bridgehead atoms. The summed E-state index contributed by atoms with van der Waals surface area (Å²) in [5.74, 6) is 0. The highest BCUT2D eigenvalue weighted by Gasteiger charge is 2.64. The van der Waals surface area contributed by atoms with Gasteiger partial charge in [-0.2, -0.15) is 0 Å². The van der Waals surface area contributed by atoms with Crippen molar-refractivity contribution in [1.29, 1.82) is 0 Å². The largest absolute Gasteiger partial charge is 0.495 e. The number of rotatable bonds is 23. The number of halogens is 2. The molecule has 4 aliphatic rings. The van der Waals surface area contributed by atoms with Gasteiger partial charge in [-0.25, -0.2) is 0 Å². The maximum absolute atomic E-state index is 6.56. The van der Waals surface area contributed by atoms with Crippen LogP contribution in [0.3, 0.4) is 0 Å². The molecule has 0 amide bonds. The van der Waals surface area contributed by atoms with Gasteiger partial charge in [-0.1, -0.05) is 149 Å². The Labute approximate surface area is 472 Å². The Kier molecular flexibility index (Phi) is 24.6. The van der Waals surface area contributed by atoms with Crippen LogP contribution in [0.2, 0.25) is 0 Å². The van der Waals surface area contributed by atoms with Gasteiger partial charge in [0.2, 0.25) is 0 Å². The highest BCUT2D eigenvalue weighted by molar-refractivity contribution is 9.11. The molecule has 8 nitrogen and oxygen atoms in total. The second-order valence-electron chi connectivity index (χ2n) is 26.0. The molecule has 418 valence electrons. The van der Waals surface area contributed by atoms with Crippen LogP contribution < -0.4 is 10.9 Å². The molecule has 0 saturated carbocycles. The molecule has 6 rings (SSSR count). The molecule has 0 atom stereocenters. The van der Waals surface area contributed by atoms with Gasteiger partial charge in [0, 0.05) is 8.95 Å². The first-order valence-electron chi connectivity index (χ1n) is 29.4. The monoisotopic (exact) mass is 1150 g/mol. The molecule has 0 unspecified atom stereocenters. The SMILES string of the molecule is CC1(C)OB(B2OC(C)(C)C(C)(C)O2)OC1(C)C.CCCCCCc1cc(B2OC(C)(C)C(C)(C)O2)c(CCCCCC)cc1B1OC(C)(C)C(C)(C)O1.CCCCCCc1cc(Br)c(CCCCCC)cc1Br. The smallest absolute Gasteiger partial charge is 0.405 e. The highest BCUT2D eigenvalue weighted by Crippen LogP contribution is 2.44. The summed E-state index contributed by atoms with van der Waals surface area (Å²) in [4.78, 5) is 0. The molecular formula is C60H104B4Br2O8. The number of hydrogen-bond acceptors (Lipinski definition) is 8. The summed E-state index contributed by atoms with van der Waals surface area (Å²) < 4.78 is 52.7. The van der Waals surface area contributed by atoms with Gasteiger partial charge in [-0.15, -0.1) is 0 Å². The fourth-order valence-corrected chi connectivity index (χ4v) is 10.7. The summed E-state index contributed by atoms with van der Waals surface area (Å²) in [7, 11) is -1.65. The van der Waals surface area contributed by atoms with Crippen molar-refractivity contribution in [3.63, 3.8) is 0 Å². The fourth-order valence-electron chi connectivity index (χ4n) is 9.52. The lowest BCUT2D eigenvalue weighted by Gasteiger charge is -2.32. The lowest BCUT2D eigenvalue weighted by atomic mass is 9.49. The molecule has 0 radical (unpaired) electrons. The van der Waals surface area contributed by atoms with Gasteiger partial charge < -0.3 is 37.2 Å². The van der Waals surface area contributed by atoms with Crippen LogP contribution in [-0.2, 0) is 62.9 Å². The third-order valence-electron chi connectivity index (χ3n) is 17.6. The molecule has 74 heavy (non-hydrogen) atoms. The second-order valence-corrected chi connectivity index (χ2v) is 27.7. The summed E-state index contributed by atoms with van der Waals surface area (Å²) >= 11 is 7.50. The molecule has 14 heteroatoms. The van der Waals surface area contributed by atoms with Crippen molar-refractivity contribution in [2.45, 2.75) is 312 Å². The maximum Gasteiger partial charge on any atom is 0.495 e. The van der Waals surface area contributed by atoms with Crippen LogP contribution in [0.5, 0.6) is 0 Å². The van der Waals surface area contributed by atoms with Gasteiger partial charge in [0.15, 0.2) is 0 Å². The van der Waals surface area contributed by atoms with E-state index < -0.39 is 14.0 Å². The first kappa shape index (κ1) is 65.9. The topological polar surface area (TPSA) is 73.8 Å². The Balaban J connectivity index is 0.000000263. The predicted octanol–water partition coefficient (Wildman–Crippen LogP) is 16.2. The Morgan fingerprint density at radius 2 is 0.514 bits per heavy atom. The van der Waals surface area contributed by atoms with E-state index in [2.05, 4.69) is 139 Å². The van der Waals surface area contributed by atoms with E-state index in [0.29, 0.717) is 0 Å². The summed E-state index contributed by atoms with van der Waals surface area (Å²) in [6.45, 7) is 42.4. The van der Waals surface area contributed by atoms with Crippen molar-refractivity contribution >= 4 is 71.0 Å². The van der Waals surface area contributed by atoms with Crippen molar-refractivity contribution in [3.05, 3.63) is 55.5 Å². The molecule has 4 fully saturated rings. The molecule has 0 spiro atoms. The zero-order chi connectivity index (χ0) is 55.6. The van der Waals surface area contributed by atoms with Crippen molar-refractivity contribution in [2.75, 3.05) is 0 Å². The zero-order valence-corrected chi connectivity index (χ0v) is 54.0. The molecule has 2 aromatic carbocycles. The van der Waals surface area contributed by atoms with E-state index >= 15 is 0 Å². The van der Waals surface area contributed by atoms with Gasteiger partial charge >= 0.3 is 28.3 Å². The Morgan fingerprint density at radius 1 is 0.297 bits per heavy atom. The zero-order valence-electron chi connectivity index (χ0n) is 50.8. The van der Waals surface area contributed by atoms with Gasteiger partial charge in [-0.05, 0) is 207 Å². The second kappa shape index (κ2) is 27.7. The van der Waals surface area contributed by atoms with E-state index in [1.54, 1.807) is 0 Å². The van der Waals surface area contributed by atoms with Crippen LogP contribution in [-0.4, -0.2) is 73.1 Å². The van der Waals surface area contributed by atoms with Crippen LogP contribution in [0.25, 0.3) is 0 Å². The maximum atomic E-state index is 6.56. The van der Waals surface area contributed by atoms with Crippen molar-refractivity contribution in [3.8, 4) is 0 Å². The van der Waals surface area contributed by atoms with Crippen LogP contribution in [0.4, 0.5) is 0 Å². The van der Waals surface area contributed by atoms with Gasteiger partial charge in [-0.3, -0.25) is 0 Å². The average Bonchev–Trinajstić information content (AvgIpc) is 3.85. The van der Waals surface area contributed by atoms with Crippen molar-refractivity contribution < 1.29 is 37.2 Å². The van der Waals surface area contributed by atoms with Crippen LogP contribution in [0, 0.1) is 0 Å². The normalized spacial score (nSPS) is 21.4. The minimum absolute atomic E-state index is 0.349. The fraction of sp³-hybridized carbons (Fsp3) is 0.800. The van der Waals surface area contributed by atoms with E-state index in [0.717, 1.165) is 12.8 Å². The van der Waals surface area contributed by atoms with Crippen molar-refractivity contribution in [1.82, 2.24) is 0 Å². The number of unbranched alkanes of at least 4 members (excludes halogenated alkanes) is 12. The van der Waals surface area contributed by atoms with Crippen LogP contribution in [0.15, 0.2) is 33.2 Å². The Bertz CT molecular complexity index is 1850. The van der Waals surface area contributed by atoms with E-state index in [-0.39, 0.29) is 59.0 Å². The third-order valence-corrected chi connectivity index (χ3v) is 19.1. The standard InChI is InChI=1S/C30H52B2O4.C18H28Br2.C12H24B2O4/c1-11-13-15-17-19-23-21-26(32-35-29(7,8)30(9,10)36-32)24(20-18-16-14-12-2)22-25(23)31-33-27(3,4)28(5,6)34-31;1-3-5-7-9-11-15-13-18(20)16(14-17(15)19)12-10-8-6-4-2;1-9(2)10(3,4)16-13(15-9)14-17-11(5,6)12(7,8)18-14/h21-22H,11-20H2,1-10H3;13-14H,3-12H2,1-2H3;1-8H3. The highest BCUT2D eigenvalue weighted by atomic mass is 79.9. The minimum Gasteiger partial charge on any atom is -0.405 e. The first-order chi connectivity index (χ1) is 34.3. The molecule has 0 aromatic heterocycles. The summed E-state index contributed by atoms with van der Waals surface area (Å²) in [6.07, 6.45) is 24.9. The molecule has 4 aliphatic heterocycles. The van der Waals surface area contributed by atoms with Gasteiger partial charge in [0.25, 0.3) is 0 Å². The Hall–Kier alpha value is -0.660. The molecule has 0 N–H and O–H groups in total. The summed E-state index contributed by atoms with van der Waals surface area (Å²) in [6, 6.07) is 9.38. The molecule has 2 aromatic rings. The Morgan fingerprint density at radius 3 is 0.743 bits per heavy atom. The number of hydrogen-bond donors (Lipinski definition) is 0. The van der Waals surface area contributed by atoms with Gasteiger partial charge in [0.05, 0.1) is 44.8 Å². The van der Waals surface area contributed by atoms with Crippen LogP contribution in [0.1, 0.15) is 263 Å². The third kappa shape index (κ3) is 17.2. The lowest BCUT2D eigenvalue weighted by Crippen LogP contribution is -2.43. The molecule has 4 heterocycles. The predicted molar refractivity (Wildman–Crippen MR) is 323 cm³/mol. The summed E-state index contributed by atoms with van der Waals surface area (Å²) in [5.41, 5.74) is 5.03. The summed E-state index contributed by atoms with van der Waals surface area (Å²) in [5, 5.41) is 0. The number of aryl methyl sites for hydroxylation is 4. The van der Waals surface area contributed by atoms with Crippen molar-refractivity contribution in [2.24, 2.45) is 0 Å². The lowest BCUT2D eigenvalue weighted by molar-refractivity contribution is 0.00578. The molecular weight excluding hydrogens is 1050 g/mol. The minimum atomic E-state index is -0.476. The van der Waals surface area contributed by atoms with E-state index in [1.807, 2.05) is 55.4 Å². The quantitative estimate of drug-likeness (QED) is 0.0805. The van der Waals surface area contributed by atoms with Gasteiger partial charge in [0.1, 0.15) is 0 Å². The van der Waals surface area contributed by atoms with Crippen LogP contribution >= 0.6 is 31.9 Å². The molecule has 0 aliphatic carbocycles. The number of benzene rings is 2. The van der Waals surface area contributed by atoms with E-state index in [1.165, 1.54) is 158 Å². The molecule has 4 saturated heterocycles. The van der Waals surface area contributed by atoms with E-state index in [9.17, 15) is 0 Å². The first-order valence-corrected chi connectivity index (χ1v) is 30.9. The van der Waals surface area contributed by atoms with E-state index in [4.69, 9.17) is 37.2 Å².